The number of rotatable bonds is 3. The summed E-state index contributed by atoms with van der Waals surface area (Å²) in [4.78, 5) is 16.1. The second-order valence-electron chi connectivity index (χ2n) is 9.70. The van der Waals surface area contributed by atoms with Gasteiger partial charge in [-0.15, -0.1) is 0 Å². The number of benzene rings is 3. The van der Waals surface area contributed by atoms with Crippen LogP contribution in [0.2, 0.25) is 0 Å². The maximum atomic E-state index is 13.8. The standard InChI is InChI=1S/C30H30N2O/c1-20-16-18-21(19-17-20)28-27(25-14-8-9-15-26(25)31(28)2)29-23-12-6-7-13-24(23)30(33)32(29)22-10-4-3-5-11-22/h6-9,12-19,22,29H,3-5,10-11H2,1-2H3. The van der Waals surface area contributed by atoms with Crippen molar-refractivity contribution < 1.29 is 4.79 Å². The lowest BCUT2D eigenvalue weighted by molar-refractivity contribution is 0.0613. The fourth-order valence-electron chi connectivity index (χ4n) is 6.13. The van der Waals surface area contributed by atoms with Crippen molar-refractivity contribution in [3.05, 3.63) is 95.1 Å². The summed E-state index contributed by atoms with van der Waals surface area (Å²) >= 11 is 0. The number of aromatic nitrogens is 1. The van der Waals surface area contributed by atoms with Gasteiger partial charge in [-0.2, -0.15) is 0 Å². The Labute approximate surface area is 195 Å². The Hall–Kier alpha value is -3.33. The molecule has 166 valence electrons. The molecule has 0 radical (unpaired) electrons. The molecule has 3 heteroatoms. The van der Waals surface area contributed by atoms with Crippen LogP contribution in [0.1, 0.15) is 65.2 Å². The molecule has 1 aromatic heterocycles. The quantitative estimate of drug-likeness (QED) is 0.340. The van der Waals surface area contributed by atoms with Gasteiger partial charge in [-0.05, 0) is 43.0 Å². The topological polar surface area (TPSA) is 25.2 Å². The Morgan fingerprint density at radius 3 is 2.30 bits per heavy atom. The molecule has 0 N–H and O–H groups in total. The summed E-state index contributed by atoms with van der Waals surface area (Å²) in [7, 11) is 2.16. The van der Waals surface area contributed by atoms with Gasteiger partial charge >= 0.3 is 0 Å². The monoisotopic (exact) mass is 434 g/mol. The highest BCUT2D eigenvalue weighted by Gasteiger charge is 2.43. The van der Waals surface area contributed by atoms with E-state index in [0.717, 1.165) is 24.0 Å². The molecule has 4 aromatic rings. The molecule has 3 aromatic carbocycles. The van der Waals surface area contributed by atoms with Crippen molar-refractivity contribution in [1.29, 1.82) is 0 Å². The Morgan fingerprint density at radius 1 is 0.818 bits per heavy atom. The summed E-state index contributed by atoms with van der Waals surface area (Å²) in [6.45, 7) is 2.13. The van der Waals surface area contributed by atoms with Crippen LogP contribution >= 0.6 is 0 Å². The Bertz CT molecular complexity index is 1340. The van der Waals surface area contributed by atoms with E-state index in [1.54, 1.807) is 0 Å². The third-order valence-corrected chi connectivity index (χ3v) is 7.71. The smallest absolute Gasteiger partial charge is 0.255 e. The van der Waals surface area contributed by atoms with Crippen molar-refractivity contribution in [1.82, 2.24) is 9.47 Å². The highest BCUT2D eigenvalue weighted by Crippen LogP contribution is 2.48. The molecule has 1 fully saturated rings. The maximum absolute atomic E-state index is 13.8. The fraction of sp³-hybridized carbons (Fsp3) is 0.300. The first-order chi connectivity index (χ1) is 16.1. The molecule has 0 spiro atoms. The number of para-hydroxylation sites is 1. The van der Waals surface area contributed by atoms with Crippen molar-refractivity contribution in [2.45, 2.75) is 51.1 Å². The molecule has 1 aliphatic heterocycles. The average Bonchev–Trinajstić information content (AvgIpc) is 3.31. The van der Waals surface area contributed by atoms with Crippen LogP contribution in [0.4, 0.5) is 0 Å². The zero-order chi connectivity index (χ0) is 22.5. The molecule has 0 saturated heterocycles. The van der Waals surface area contributed by atoms with Gasteiger partial charge in [0.25, 0.3) is 5.91 Å². The lowest BCUT2D eigenvalue weighted by Gasteiger charge is -2.36. The first-order valence-electron chi connectivity index (χ1n) is 12.2. The van der Waals surface area contributed by atoms with Crippen LogP contribution in [0.15, 0.2) is 72.8 Å². The van der Waals surface area contributed by atoms with Crippen LogP contribution in [-0.2, 0) is 7.05 Å². The minimum absolute atomic E-state index is 0.0563. The van der Waals surface area contributed by atoms with Gasteiger partial charge in [-0.1, -0.05) is 85.5 Å². The van der Waals surface area contributed by atoms with Crippen LogP contribution in [0.25, 0.3) is 22.2 Å². The van der Waals surface area contributed by atoms with Crippen molar-refractivity contribution >= 4 is 16.8 Å². The van der Waals surface area contributed by atoms with Gasteiger partial charge in [-0.25, -0.2) is 0 Å². The van der Waals surface area contributed by atoms with E-state index < -0.39 is 0 Å². The first kappa shape index (κ1) is 20.3. The molecule has 2 aliphatic rings. The summed E-state index contributed by atoms with van der Waals surface area (Å²) in [6.07, 6.45) is 5.89. The Kier molecular flexibility index (Phi) is 4.86. The highest BCUT2D eigenvalue weighted by atomic mass is 16.2. The highest BCUT2D eigenvalue weighted by molar-refractivity contribution is 6.02. The van der Waals surface area contributed by atoms with E-state index in [2.05, 4.69) is 84.1 Å². The third kappa shape index (κ3) is 3.13. The number of hydrogen-bond donors (Lipinski definition) is 0. The molecule has 6 rings (SSSR count). The number of carbonyl (C=O) groups excluding carboxylic acids is 1. The molecule has 3 nitrogen and oxygen atoms in total. The normalized spacial score (nSPS) is 18.8. The Balaban J connectivity index is 1.65. The number of hydrogen-bond acceptors (Lipinski definition) is 1. The summed E-state index contributed by atoms with van der Waals surface area (Å²) in [5.74, 6) is 0.199. The number of amides is 1. The molecule has 1 aliphatic carbocycles. The zero-order valence-electron chi connectivity index (χ0n) is 19.4. The lowest BCUT2D eigenvalue weighted by atomic mass is 9.89. The second-order valence-corrected chi connectivity index (χ2v) is 9.70. The summed E-state index contributed by atoms with van der Waals surface area (Å²) in [5, 5.41) is 1.24. The first-order valence-corrected chi connectivity index (χ1v) is 12.2. The minimum atomic E-state index is -0.0563. The van der Waals surface area contributed by atoms with Crippen LogP contribution in [-0.4, -0.2) is 21.4 Å². The van der Waals surface area contributed by atoms with Gasteiger partial charge < -0.3 is 9.47 Å². The van der Waals surface area contributed by atoms with Gasteiger partial charge in [0.2, 0.25) is 0 Å². The summed E-state index contributed by atoms with van der Waals surface area (Å²) in [5.41, 5.74) is 8.17. The van der Waals surface area contributed by atoms with E-state index in [9.17, 15) is 4.79 Å². The van der Waals surface area contributed by atoms with E-state index in [1.165, 1.54) is 52.5 Å². The molecule has 0 bridgehead atoms. The van der Waals surface area contributed by atoms with Crippen molar-refractivity contribution in [2.75, 3.05) is 0 Å². The predicted molar refractivity (Wildman–Crippen MR) is 134 cm³/mol. The minimum Gasteiger partial charge on any atom is -0.343 e. The summed E-state index contributed by atoms with van der Waals surface area (Å²) < 4.78 is 2.32. The van der Waals surface area contributed by atoms with Gasteiger partial charge in [0.05, 0.1) is 11.7 Å². The van der Waals surface area contributed by atoms with E-state index >= 15 is 0 Å². The van der Waals surface area contributed by atoms with Gasteiger partial charge in [0, 0.05) is 35.1 Å². The van der Waals surface area contributed by atoms with E-state index in [1.807, 2.05) is 12.1 Å². The molecule has 1 atom stereocenters. The van der Waals surface area contributed by atoms with Gasteiger partial charge in [-0.3, -0.25) is 4.79 Å². The van der Waals surface area contributed by atoms with Gasteiger partial charge in [0.1, 0.15) is 0 Å². The molecular weight excluding hydrogens is 404 g/mol. The van der Waals surface area contributed by atoms with Crippen LogP contribution in [0.3, 0.4) is 0 Å². The molecular formula is C30H30N2O. The fourth-order valence-corrected chi connectivity index (χ4v) is 6.13. The lowest BCUT2D eigenvalue weighted by Crippen LogP contribution is -2.40. The number of fused-ring (bicyclic) bond motifs is 2. The van der Waals surface area contributed by atoms with Gasteiger partial charge in [0.15, 0.2) is 0 Å². The van der Waals surface area contributed by atoms with Crippen LogP contribution in [0.5, 0.6) is 0 Å². The molecule has 1 unspecified atom stereocenters. The van der Waals surface area contributed by atoms with E-state index in [-0.39, 0.29) is 11.9 Å². The van der Waals surface area contributed by atoms with Crippen LogP contribution in [0, 0.1) is 6.92 Å². The number of aryl methyl sites for hydroxylation is 2. The third-order valence-electron chi connectivity index (χ3n) is 7.71. The van der Waals surface area contributed by atoms with E-state index in [0.29, 0.717) is 6.04 Å². The molecule has 33 heavy (non-hydrogen) atoms. The SMILES string of the molecule is Cc1ccc(-c2c(C3c4ccccc4C(=O)N3C3CCCCC3)c3ccccc3n2C)cc1. The van der Waals surface area contributed by atoms with Crippen molar-refractivity contribution in [2.24, 2.45) is 7.05 Å². The van der Waals surface area contributed by atoms with Crippen LogP contribution < -0.4 is 0 Å². The number of nitrogens with zero attached hydrogens (tertiary/aromatic N) is 2. The predicted octanol–water partition coefficient (Wildman–Crippen LogP) is 7.03. The van der Waals surface area contributed by atoms with E-state index in [4.69, 9.17) is 0 Å². The number of carbonyl (C=O) groups is 1. The molecule has 2 heterocycles. The zero-order valence-corrected chi connectivity index (χ0v) is 19.4. The summed E-state index contributed by atoms with van der Waals surface area (Å²) in [6, 6.07) is 26.0. The average molecular weight is 435 g/mol. The van der Waals surface area contributed by atoms with Crippen molar-refractivity contribution in [3.8, 4) is 11.3 Å². The van der Waals surface area contributed by atoms with Crippen molar-refractivity contribution in [3.63, 3.8) is 0 Å². The Morgan fingerprint density at radius 2 is 1.52 bits per heavy atom. The largest absolute Gasteiger partial charge is 0.343 e. The second kappa shape index (κ2) is 7.91. The molecule has 1 amide bonds. The molecule has 1 saturated carbocycles. The maximum Gasteiger partial charge on any atom is 0.255 e.